The second kappa shape index (κ2) is 3.88. The van der Waals surface area contributed by atoms with Gasteiger partial charge in [-0.15, -0.1) is 0 Å². The quantitative estimate of drug-likeness (QED) is 0.756. The average molecular weight is 179 g/mol. The number of aromatic nitrogens is 1. The SMILES string of the molecule is Cc1cc(C(O)C(C)C)cc(C)n1. The Morgan fingerprint density at radius 3 is 2.00 bits per heavy atom. The predicted octanol–water partition coefficient (Wildman–Crippen LogP) is 2.39. The topological polar surface area (TPSA) is 33.1 Å². The van der Waals surface area contributed by atoms with Gasteiger partial charge in [-0.3, -0.25) is 4.98 Å². The van der Waals surface area contributed by atoms with Crippen LogP contribution in [0.15, 0.2) is 12.1 Å². The van der Waals surface area contributed by atoms with E-state index in [0.717, 1.165) is 17.0 Å². The summed E-state index contributed by atoms with van der Waals surface area (Å²) in [6.07, 6.45) is -0.375. The van der Waals surface area contributed by atoms with E-state index in [2.05, 4.69) is 4.98 Å². The number of aliphatic hydroxyl groups excluding tert-OH is 1. The van der Waals surface area contributed by atoms with Crippen molar-refractivity contribution in [3.05, 3.63) is 29.1 Å². The molecule has 1 rings (SSSR count). The van der Waals surface area contributed by atoms with E-state index in [-0.39, 0.29) is 12.0 Å². The summed E-state index contributed by atoms with van der Waals surface area (Å²) in [5.74, 6) is 0.251. The standard InChI is InChI=1S/C11H17NO/c1-7(2)11(13)10-5-8(3)12-9(4)6-10/h5-7,11,13H,1-4H3. The first kappa shape index (κ1) is 10.2. The van der Waals surface area contributed by atoms with Gasteiger partial charge in [0.05, 0.1) is 6.10 Å². The number of aliphatic hydroxyl groups is 1. The Balaban J connectivity index is 3.01. The van der Waals surface area contributed by atoms with E-state index in [0.29, 0.717) is 0 Å². The van der Waals surface area contributed by atoms with Gasteiger partial charge in [0, 0.05) is 11.4 Å². The molecule has 0 aliphatic carbocycles. The Bertz CT molecular complexity index is 274. The number of pyridine rings is 1. The van der Waals surface area contributed by atoms with Gasteiger partial charge in [0.2, 0.25) is 0 Å². The highest BCUT2D eigenvalue weighted by Crippen LogP contribution is 2.21. The van der Waals surface area contributed by atoms with Crippen LogP contribution in [-0.4, -0.2) is 10.1 Å². The van der Waals surface area contributed by atoms with Crippen LogP contribution >= 0.6 is 0 Å². The Hall–Kier alpha value is -0.890. The second-order valence-corrected chi connectivity index (χ2v) is 3.87. The molecule has 0 bridgehead atoms. The van der Waals surface area contributed by atoms with Gasteiger partial charge in [-0.05, 0) is 37.5 Å². The zero-order valence-electron chi connectivity index (χ0n) is 8.70. The van der Waals surface area contributed by atoms with Crippen LogP contribution in [0.4, 0.5) is 0 Å². The van der Waals surface area contributed by atoms with Crippen LogP contribution in [-0.2, 0) is 0 Å². The summed E-state index contributed by atoms with van der Waals surface area (Å²) >= 11 is 0. The van der Waals surface area contributed by atoms with Crippen molar-refractivity contribution in [1.82, 2.24) is 4.98 Å². The molecule has 1 N–H and O–H groups in total. The van der Waals surface area contributed by atoms with Gasteiger partial charge < -0.3 is 5.11 Å². The maximum Gasteiger partial charge on any atom is 0.0814 e. The molecule has 0 fully saturated rings. The van der Waals surface area contributed by atoms with Gasteiger partial charge in [-0.25, -0.2) is 0 Å². The minimum absolute atomic E-state index is 0.251. The number of nitrogens with zero attached hydrogens (tertiary/aromatic N) is 1. The monoisotopic (exact) mass is 179 g/mol. The molecule has 1 unspecified atom stereocenters. The van der Waals surface area contributed by atoms with Gasteiger partial charge >= 0.3 is 0 Å². The van der Waals surface area contributed by atoms with E-state index >= 15 is 0 Å². The normalized spacial score (nSPS) is 13.4. The second-order valence-electron chi connectivity index (χ2n) is 3.87. The van der Waals surface area contributed by atoms with Crippen LogP contribution in [0.5, 0.6) is 0 Å². The van der Waals surface area contributed by atoms with Crippen molar-refractivity contribution >= 4 is 0 Å². The van der Waals surface area contributed by atoms with Crippen molar-refractivity contribution in [2.45, 2.75) is 33.8 Å². The summed E-state index contributed by atoms with van der Waals surface area (Å²) in [6, 6.07) is 3.88. The lowest BCUT2D eigenvalue weighted by Gasteiger charge is -2.15. The van der Waals surface area contributed by atoms with Gasteiger partial charge in [0.25, 0.3) is 0 Å². The molecule has 2 heteroatoms. The van der Waals surface area contributed by atoms with E-state index in [4.69, 9.17) is 0 Å². The van der Waals surface area contributed by atoms with Gasteiger partial charge in [0.15, 0.2) is 0 Å². The van der Waals surface area contributed by atoms with Gasteiger partial charge in [-0.1, -0.05) is 13.8 Å². The Morgan fingerprint density at radius 1 is 1.15 bits per heavy atom. The highest BCUT2D eigenvalue weighted by molar-refractivity contribution is 5.22. The molecule has 2 nitrogen and oxygen atoms in total. The summed E-state index contributed by atoms with van der Waals surface area (Å²) in [7, 11) is 0. The first-order valence-electron chi connectivity index (χ1n) is 4.64. The maximum atomic E-state index is 9.82. The molecule has 0 aromatic carbocycles. The van der Waals surface area contributed by atoms with Crippen LogP contribution in [0.2, 0.25) is 0 Å². The zero-order chi connectivity index (χ0) is 10.0. The van der Waals surface area contributed by atoms with E-state index < -0.39 is 0 Å². The van der Waals surface area contributed by atoms with E-state index in [1.807, 2.05) is 39.8 Å². The molecule has 13 heavy (non-hydrogen) atoms. The summed E-state index contributed by atoms with van der Waals surface area (Å²) in [4.78, 5) is 4.26. The van der Waals surface area contributed by atoms with Crippen molar-refractivity contribution in [2.24, 2.45) is 5.92 Å². The van der Waals surface area contributed by atoms with Crippen molar-refractivity contribution in [2.75, 3.05) is 0 Å². The number of hydrogen-bond acceptors (Lipinski definition) is 2. The van der Waals surface area contributed by atoms with Crippen molar-refractivity contribution in [1.29, 1.82) is 0 Å². The third-order valence-corrected chi connectivity index (χ3v) is 2.08. The molecular weight excluding hydrogens is 162 g/mol. The molecule has 0 radical (unpaired) electrons. The zero-order valence-corrected chi connectivity index (χ0v) is 8.70. The molecule has 0 amide bonds. The van der Waals surface area contributed by atoms with E-state index in [1.54, 1.807) is 0 Å². The van der Waals surface area contributed by atoms with Gasteiger partial charge in [-0.2, -0.15) is 0 Å². The van der Waals surface area contributed by atoms with Crippen molar-refractivity contribution < 1.29 is 5.11 Å². The molecular formula is C11H17NO. The molecule has 1 atom stereocenters. The predicted molar refractivity (Wildman–Crippen MR) is 53.5 cm³/mol. The molecule has 0 saturated carbocycles. The van der Waals surface area contributed by atoms with Crippen LogP contribution in [0.25, 0.3) is 0 Å². The smallest absolute Gasteiger partial charge is 0.0814 e. The first-order valence-corrected chi connectivity index (χ1v) is 4.64. The summed E-state index contributed by atoms with van der Waals surface area (Å²) < 4.78 is 0. The van der Waals surface area contributed by atoms with Crippen LogP contribution in [0.3, 0.4) is 0 Å². The molecule has 0 saturated heterocycles. The van der Waals surface area contributed by atoms with E-state index in [9.17, 15) is 5.11 Å². The summed E-state index contributed by atoms with van der Waals surface area (Å²) in [5, 5.41) is 9.82. The molecule has 0 spiro atoms. The lowest BCUT2D eigenvalue weighted by Crippen LogP contribution is -2.06. The Labute approximate surface area is 79.6 Å². The summed E-state index contributed by atoms with van der Waals surface area (Å²) in [6.45, 7) is 7.92. The first-order chi connectivity index (χ1) is 6.00. The van der Waals surface area contributed by atoms with Crippen molar-refractivity contribution in [3.8, 4) is 0 Å². The number of hydrogen-bond donors (Lipinski definition) is 1. The minimum Gasteiger partial charge on any atom is -0.388 e. The average Bonchev–Trinajstić information content (AvgIpc) is 2.01. The van der Waals surface area contributed by atoms with Crippen molar-refractivity contribution in [3.63, 3.8) is 0 Å². The van der Waals surface area contributed by atoms with Crippen LogP contribution < -0.4 is 0 Å². The number of aryl methyl sites for hydroxylation is 2. The Kier molecular flexibility index (Phi) is 3.04. The molecule has 1 aromatic rings. The molecule has 1 aromatic heterocycles. The number of rotatable bonds is 2. The Morgan fingerprint density at radius 2 is 1.62 bits per heavy atom. The minimum atomic E-state index is -0.375. The summed E-state index contributed by atoms with van der Waals surface area (Å²) in [5.41, 5.74) is 2.91. The molecule has 72 valence electrons. The van der Waals surface area contributed by atoms with E-state index in [1.165, 1.54) is 0 Å². The molecule has 1 heterocycles. The third kappa shape index (κ3) is 2.52. The van der Waals surface area contributed by atoms with Crippen LogP contribution in [0, 0.1) is 19.8 Å². The fraction of sp³-hybridized carbons (Fsp3) is 0.545. The van der Waals surface area contributed by atoms with Crippen LogP contribution in [0.1, 0.15) is 36.9 Å². The highest BCUT2D eigenvalue weighted by Gasteiger charge is 2.12. The fourth-order valence-electron chi connectivity index (χ4n) is 1.42. The lowest BCUT2D eigenvalue weighted by atomic mass is 9.99. The largest absolute Gasteiger partial charge is 0.388 e. The maximum absolute atomic E-state index is 9.82. The van der Waals surface area contributed by atoms with Gasteiger partial charge in [0.1, 0.15) is 0 Å². The fourth-order valence-corrected chi connectivity index (χ4v) is 1.42. The lowest BCUT2D eigenvalue weighted by molar-refractivity contribution is 0.126. The third-order valence-electron chi connectivity index (χ3n) is 2.08. The highest BCUT2D eigenvalue weighted by atomic mass is 16.3. The molecule has 0 aliphatic rings. The molecule has 0 aliphatic heterocycles.